The Kier molecular flexibility index (Phi) is 3.79. The molecule has 1 aliphatic heterocycles. The highest BCUT2D eigenvalue weighted by molar-refractivity contribution is 8.18. The maximum Gasteiger partial charge on any atom is 0.264 e. The van der Waals surface area contributed by atoms with Crippen LogP contribution in [0.4, 0.5) is 5.69 Å². The van der Waals surface area contributed by atoms with E-state index < -0.39 is 0 Å². The minimum Gasteiger partial charge on any atom is -0.300 e. The van der Waals surface area contributed by atoms with E-state index in [0.29, 0.717) is 16.0 Å². The topological polar surface area (TPSA) is 54.4 Å². The van der Waals surface area contributed by atoms with Crippen LogP contribution in [0.5, 0.6) is 0 Å². The summed E-state index contributed by atoms with van der Waals surface area (Å²) >= 11 is 3.05. The molecule has 2 fully saturated rings. The first-order chi connectivity index (χ1) is 11.2. The van der Waals surface area contributed by atoms with E-state index in [1.165, 1.54) is 29.6 Å². The highest BCUT2D eigenvalue weighted by Gasteiger charge is 2.27. The van der Waals surface area contributed by atoms with Gasteiger partial charge in [0.1, 0.15) is 0 Å². The molecule has 1 aromatic heterocycles. The van der Waals surface area contributed by atoms with Crippen molar-refractivity contribution in [1.29, 1.82) is 0 Å². The van der Waals surface area contributed by atoms with Crippen LogP contribution in [0.25, 0.3) is 6.08 Å². The molecule has 0 radical (unpaired) electrons. The predicted molar refractivity (Wildman–Crippen MR) is 96.1 cm³/mol. The summed E-state index contributed by atoms with van der Waals surface area (Å²) in [6.45, 7) is 2.01. The lowest BCUT2D eigenvalue weighted by atomic mass is 10.2. The first kappa shape index (κ1) is 14.7. The van der Waals surface area contributed by atoms with Crippen LogP contribution in [0.2, 0.25) is 0 Å². The number of hydrogen-bond donors (Lipinski definition) is 1. The molecule has 6 heteroatoms. The number of nitrogens with one attached hydrogen (secondary N) is 1. The third-order valence-electron chi connectivity index (χ3n) is 3.73. The number of thioether (sulfide) groups is 1. The van der Waals surface area contributed by atoms with Gasteiger partial charge in [0, 0.05) is 11.3 Å². The van der Waals surface area contributed by atoms with E-state index in [2.05, 4.69) is 15.3 Å². The van der Waals surface area contributed by atoms with Crippen LogP contribution in [0.1, 0.15) is 35.0 Å². The van der Waals surface area contributed by atoms with Crippen molar-refractivity contribution in [3.8, 4) is 0 Å². The van der Waals surface area contributed by atoms with Gasteiger partial charge in [-0.05, 0) is 49.2 Å². The zero-order valence-corrected chi connectivity index (χ0v) is 14.2. The predicted octanol–water partition coefficient (Wildman–Crippen LogP) is 4.22. The fourth-order valence-corrected chi connectivity index (χ4v) is 4.07. The van der Waals surface area contributed by atoms with Gasteiger partial charge in [0.2, 0.25) is 0 Å². The van der Waals surface area contributed by atoms with Crippen molar-refractivity contribution in [2.75, 3.05) is 0 Å². The van der Waals surface area contributed by atoms with Gasteiger partial charge in [0.15, 0.2) is 5.17 Å². The molecule has 4 nitrogen and oxygen atoms in total. The van der Waals surface area contributed by atoms with Crippen molar-refractivity contribution >= 4 is 45.9 Å². The second kappa shape index (κ2) is 5.94. The summed E-state index contributed by atoms with van der Waals surface area (Å²) in [6, 6.07) is 7.87. The van der Waals surface area contributed by atoms with Crippen molar-refractivity contribution < 1.29 is 4.79 Å². The summed E-state index contributed by atoms with van der Waals surface area (Å²) in [7, 11) is 0. The number of aryl methyl sites for hydroxylation is 1. The molecule has 0 atom stereocenters. The van der Waals surface area contributed by atoms with E-state index in [1.54, 1.807) is 11.3 Å². The van der Waals surface area contributed by atoms with Crippen LogP contribution in [0.15, 0.2) is 39.5 Å². The highest BCUT2D eigenvalue weighted by atomic mass is 32.2. The smallest absolute Gasteiger partial charge is 0.264 e. The van der Waals surface area contributed by atoms with Crippen molar-refractivity contribution in [3.63, 3.8) is 0 Å². The molecule has 1 saturated heterocycles. The molecule has 1 saturated carbocycles. The minimum atomic E-state index is -0.108. The standard InChI is InChI=1S/C17H15N3OS2/c1-10-4-2-3-5-13(10)19-17-20-15(21)14(23-17)8-12-9-22-16(18-12)11-6-7-11/h2-5,8-9,11H,6-7H2,1H3,(H,19,20,21). The zero-order valence-electron chi connectivity index (χ0n) is 12.6. The monoisotopic (exact) mass is 341 g/mol. The molecule has 0 unspecified atom stereocenters. The van der Waals surface area contributed by atoms with E-state index in [1.807, 2.05) is 42.6 Å². The normalized spacial score (nSPS) is 21.2. The maximum atomic E-state index is 12.1. The molecule has 1 amide bonds. The molecule has 1 aromatic carbocycles. The fraction of sp³-hybridized carbons (Fsp3) is 0.235. The molecule has 0 spiro atoms. The van der Waals surface area contributed by atoms with Crippen LogP contribution >= 0.6 is 23.1 Å². The minimum absolute atomic E-state index is 0.108. The van der Waals surface area contributed by atoms with E-state index in [4.69, 9.17) is 0 Å². The number of aromatic nitrogens is 1. The largest absolute Gasteiger partial charge is 0.300 e. The van der Waals surface area contributed by atoms with Gasteiger partial charge in [0.25, 0.3) is 5.91 Å². The second-order valence-corrected chi connectivity index (χ2v) is 7.57. The Labute approximate surface area is 142 Å². The lowest BCUT2D eigenvalue weighted by Gasteiger charge is -1.99. The van der Waals surface area contributed by atoms with E-state index in [9.17, 15) is 4.79 Å². The van der Waals surface area contributed by atoms with E-state index in [-0.39, 0.29) is 5.91 Å². The molecule has 1 aliphatic carbocycles. The summed E-state index contributed by atoms with van der Waals surface area (Å²) in [5.74, 6) is 0.540. The van der Waals surface area contributed by atoms with Gasteiger partial charge in [-0.3, -0.25) is 4.79 Å². The number of benzene rings is 1. The summed E-state index contributed by atoms with van der Waals surface area (Å²) in [5.41, 5.74) is 2.83. The lowest BCUT2D eigenvalue weighted by molar-refractivity contribution is -0.115. The van der Waals surface area contributed by atoms with Gasteiger partial charge >= 0.3 is 0 Å². The molecule has 2 aromatic rings. The summed E-state index contributed by atoms with van der Waals surface area (Å²) in [5, 5.41) is 6.65. The van der Waals surface area contributed by atoms with Crippen LogP contribution in [0, 0.1) is 6.92 Å². The number of amides is 1. The number of hydrogen-bond acceptors (Lipinski definition) is 5. The first-order valence-electron chi connectivity index (χ1n) is 7.50. The number of aliphatic imine (C=N–C) groups is 1. The summed E-state index contributed by atoms with van der Waals surface area (Å²) in [6.07, 6.45) is 4.33. The Balaban J connectivity index is 1.55. The SMILES string of the molecule is Cc1ccccc1N=C1NC(=O)C(=Cc2csc(C3CC3)n2)S1. The van der Waals surface area contributed by atoms with Gasteiger partial charge in [-0.25, -0.2) is 9.98 Å². The zero-order chi connectivity index (χ0) is 15.8. The maximum absolute atomic E-state index is 12.1. The molecule has 23 heavy (non-hydrogen) atoms. The van der Waals surface area contributed by atoms with Crippen molar-refractivity contribution in [3.05, 3.63) is 50.8 Å². The average molecular weight is 341 g/mol. The molecule has 1 N–H and O–H groups in total. The number of para-hydroxylation sites is 1. The second-order valence-electron chi connectivity index (χ2n) is 5.65. The van der Waals surface area contributed by atoms with Crippen molar-refractivity contribution in [1.82, 2.24) is 10.3 Å². The summed E-state index contributed by atoms with van der Waals surface area (Å²) < 4.78 is 0. The Bertz CT molecular complexity index is 834. The van der Waals surface area contributed by atoms with E-state index >= 15 is 0 Å². The Morgan fingerprint density at radius 3 is 2.96 bits per heavy atom. The molecule has 0 bridgehead atoms. The van der Waals surface area contributed by atoms with Gasteiger partial charge in [0.05, 0.1) is 21.3 Å². The Morgan fingerprint density at radius 2 is 2.17 bits per heavy atom. The van der Waals surface area contributed by atoms with Crippen LogP contribution in [0.3, 0.4) is 0 Å². The molecule has 116 valence electrons. The van der Waals surface area contributed by atoms with Crippen molar-refractivity contribution in [2.45, 2.75) is 25.7 Å². The number of carbonyl (C=O) groups excluding carboxylic acids is 1. The van der Waals surface area contributed by atoms with Gasteiger partial charge in [-0.1, -0.05) is 18.2 Å². The molecular weight excluding hydrogens is 326 g/mol. The molecular formula is C17H15N3OS2. The molecule has 2 heterocycles. The van der Waals surface area contributed by atoms with Gasteiger partial charge in [-0.2, -0.15) is 0 Å². The van der Waals surface area contributed by atoms with Crippen LogP contribution in [-0.4, -0.2) is 16.1 Å². The molecule has 2 aliphatic rings. The van der Waals surface area contributed by atoms with Gasteiger partial charge in [-0.15, -0.1) is 11.3 Å². The third-order valence-corrected chi connectivity index (χ3v) is 5.67. The van der Waals surface area contributed by atoms with Crippen molar-refractivity contribution in [2.24, 2.45) is 4.99 Å². The Morgan fingerprint density at radius 1 is 1.35 bits per heavy atom. The molecule has 4 rings (SSSR count). The third kappa shape index (κ3) is 3.23. The van der Waals surface area contributed by atoms with Gasteiger partial charge < -0.3 is 5.32 Å². The quantitative estimate of drug-likeness (QED) is 0.851. The number of carbonyl (C=O) groups is 1. The highest BCUT2D eigenvalue weighted by Crippen LogP contribution is 2.41. The average Bonchev–Trinajstić information content (AvgIpc) is 3.19. The first-order valence-corrected chi connectivity index (χ1v) is 9.19. The number of amidine groups is 1. The van der Waals surface area contributed by atoms with Crippen LogP contribution in [-0.2, 0) is 4.79 Å². The van der Waals surface area contributed by atoms with E-state index in [0.717, 1.165) is 16.9 Å². The number of rotatable bonds is 3. The number of nitrogens with zero attached hydrogens (tertiary/aromatic N) is 2. The fourth-order valence-electron chi connectivity index (χ4n) is 2.30. The van der Waals surface area contributed by atoms with Crippen LogP contribution < -0.4 is 5.32 Å². The Hall–Kier alpha value is -1.92. The summed E-state index contributed by atoms with van der Waals surface area (Å²) in [4.78, 5) is 21.9. The lowest BCUT2D eigenvalue weighted by Crippen LogP contribution is -2.19. The number of thiazole rings is 1.